The molecular formula is C9H8BrNO3. The Labute approximate surface area is 89.2 Å². The van der Waals surface area contributed by atoms with E-state index in [-0.39, 0.29) is 15.9 Å². The molecule has 0 aliphatic carbocycles. The number of phenolic OH excluding ortho intramolecular Hbond substituents is 1. The highest BCUT2D eigenvalue weighted by molar-refractivity contribution is 9.10. The van der Waals surface area contributed by atoms with Crippen LogP contribution in [0.1, 0.15) is 12.5 Å². The van der Waals surface area contributed by atoms with Gasteiger partial charge in [0, 0.05) is 0 Å². The van der Waals surface area contributed by atoms with Crippen LogP contribution in [0.25, 0.3) is 6.08 Å². The SMILES string of the molecule is C/C=C/c1ccc(O)c(Br)c1[N+](=O)[O-]. The van der Waals surface area contributed by atoms with E-state index in [1.165, 1.54) is 12.1 Å². The van der Waals surface area contributed by atoms with E-state index in [4.69, 9.17) is 0 Å². The van der Waals surface area contributed by atoms with Crippen LogP contribution in [0.5, 0.6) is 5.75 Å². The number of nitrogens with zero attached hydrogens (tertiary/aromatic N) is 1. The van der Waals surface area contributed by atoms with Gasteiger partial charge in [-0.3, -0.25) is 10.1 Å². The molecular weight excluding hydrogens is 250 g/mol. The van der Waals surface area contributed by atoms with Gasteiger partial charge in [0.25, 0.3) is 5.69 Å². The highest BCUT2D eigenvalue weighted by Crippen LogP contribution is 2.36. The van der Waals surface area contributed by atoms with Crippen LogP contribution in [0.3, 0.4) is 0 Å². The molecule has 0 aliphatic rings. The first-order valence-electron chi connectivity index (χ1n) is 3.86. The van der Waals surface area contributed by atoms with Crippen molar-refractivity contribution < 1.29 is 10.0 Å². The van der Waals surface area contributed by atoms with Gasteiger partial charge in [-0.05, 0) is 35.0 Å². The van der Waals surface area contributed by atoms with Gasteiger partial charge in [-0.2, -0.15) is 0 Å². The molecule has 74 valence electrons. The molecule has 0 saturated heterocycles. The number of halogens is 1. The Morgan fingerprint density at radius 1 is 1.57 bits per heavy atom. The molecule has 0 radical (unpaired) electrons. The van der Waals surface area contributed by atoms with Crippen LogP contribution in [0.15, 0.2) is 22.7 Å². The van der Waals surface area contributed by atoms with E-state index in [0.717, 1.165) is 0 Å². The van der Waals surface area contributed by atoms with Crippen molar-refractivity contribution in [3.63, 3.8) is 0 Å². The van der Waals surface area contributed by atoms with Crippen molar-refractivity contribution in [3.05, 3.63) is 38.4 Å². The summed E-state index contributed by atoms with van der Waals surface area (Å²) in [5, 5.41) is 20.0. The Kier molecular flexibility index (Phi) is 3.24. The normalized spacial score (nSPS) is 10.7. The third kappa shape index (κ3) is 1.93. The fourth-order valence-electron chi connectivity index (χ4n) is 1.07. The van der Waals surface area contributed by atoms with Gasteiger partial charge in [0.15, 0.2) is 0 Å². The van der Waals surface area contributed by atoms with Gasteiger partial charge in [-0.1, -0.05) is 12.2 Å². The number of hydrogen-bond acceptors (Lipinski definition) is 3. The summed E-state index contributed by atoms with van der Waals surface area (Å²) in [6.07, 6.45) is 3.31. The maximum absolute atomic E-state index is 10.7. The number of allylic oxidation sites excluding steroid dienone is 1. The molecule has 0 spiro atoms. The molecule has 1 aromatic carbocycles. The minimum Gasteiger partial charge on any atom is -0.507 e. The number of aromatic hydroxyl groups is 1. The van der Waals surface area contributed by atoms with Crippen LogP contribution in [-0.2, 0) is 0 Å². The molecule has 0 aromatic heterocycles. The first-order valence-corrected chi connectivity index (χ1v) is 4.65. The van der Waals surface area contributed by atoms with Crippen molar-refractivity contribution in [1.29, 1.82) is 0 Å². The number of hydrogen-bond donors (Lipinski definition) is 1. The lowest BCUT2D eigenvalue weighted by Crippen LogP contribution is -1.93. The second-order valence-corrected chi connectivity index (χ2v) is 3.39. The highest BCUT2D eigenvalue weighted by atomic mass is 79.9. The number of benzene rings is 1. The van der Waals surface area contributed by atoms with Crippen LogP contribution < -0.4 is 0 Å². The lowest BCUT2D eigenvalue weighted by molar-refractivity contribution is -0.385. The smallest absolute Gasteiger partial charge is 0.294 e. The molecule has 0 unspecified atom stereocenters. The summed E-state index contributed by atoms with van der Waals surface area (Å²) >= 11 is 2.98. The van der Waals surface area contributed by atoms with Crippen LogP contribution in [0, 0.1) is 10.1 Å². The predicted molar refractivity (Wildman–Crippen MR) is 57.2 cm³/mol. The summed E-state index contributed by atoms with van der Waals surface area (Å²) in [6, 6.07) is 2.91. The molecule has 1 aromatic rings. The van der Waals surface area contributed by atoms with Crippen molar-refractivity contribution in [1.82, 2.24) is 0 Å². The first-order chi connectivity index (χ1) is 6.57. The minimum absolute atomic E-state index is 0.109. The molecule has 0 heterocycles. The Morgan fingerprint density at radius 2 is 2.21 bits per heavy atom. The lowest BCUT2D eigenvalue weighted by atomic mass is 10.1. The van der Waals surface area contributed by atoms with Crippen LogP contribution in [-0.4, -0.2) is 10.0 Å². The van der Waals surface area contributed by atoms with Gasteiger partial charge < -0.3 is 5.11 Å². The first kappa shape index (κ1) is 10.7. The third-order valence-corrected chi connectivity index (χ3v) is 2.44. The van der Waals surface area contributed by atoms with E-state index in [2.05, 4.69) is 15.9 Å². The van der Waals surface area contributed by atoms with Gasteiger partial charge >= 0.3 is 0 Å². The van der Waals surface area contributed by atoms with Gasteiger partial charge in [-0.25, -0.2) is 0 Å². The van der Waals surface area contributed by atoms with E-state index in [1.807, 2.05) is 0 Å². The van der Waals surface area contributed by atoms with Crippen molar-refractivity contribution >= 4 is 27.7 Å². The van der Waals surface area contributed by atoms with E-state index < -0.39 is 4.92 Å². The Morgan fingerprint density at radius 3 is 2.71 bits per heavy atom. The largest absolute Gasteiger partial charge is 0.507 e. The molecule has 0 amide bonds. The van der Waals surface area contributed by atoms with Crippen LogP contribution >= 0.6 is 15.9 Å². The van der Waals surface area contributed by atoms with Gasteiger partial charge in [0.1, 0.15) is 10.2 Å². The maximum Gasteiger partial charge on any atom is 0.294 e. The van der Waals surface area contributed by atoms with E-state index in [0.29, 0.717) is 5.56 Å². The highest BCUT2D eigenvalue weighted by Gasteiger charge is 2.19. The number of nitro benzene ring substituents is 1. The quantitative estimate of drug-likeness (QED) is 0.654. The average Bonchev–Trinajstić information content (AvgIpc) is 2.11. The molecule has 4 nitrogen and oxygen atoms in total. The standard InChI is InChI=1S/C9H8BrNO3/c1-2-3-6-4-5-7(12)8(10)9(6)11(13)14/h2-5,12H,1H3/b3-2+. The number of rotatable bonds is 2. The number of phenols is 1. The Bertz CT molecular complexity index is 401. The fourth-order valence-corrected chi connectivity index (χ4v) is 1.57. The summed E-state index contributed by atoms with van der Waals surface area (Å²) < 4.78 is 0.109. The van der Waals surface area contributed by atoms with E-state index in [1.54, 1.807) is 19.1 Å². The van der Waals surface area contributed by atoms with Gasteiger partial charge in [0.2, 0.25) is 0 Å². The molecule has 1 N–H and O–H groups in total. The molecule has 0 aliphatic heterocycles. The van der Waals surface area contributed by atoms with Crippen molar-refractivity contribution in [3.8, 4) is 5.75 Å². The summed E-state index contributed by atoms with van der Waals surface area (Å²) in [5.41, 5.74) is 0.338. The van der Waals surface area contributed by atoms with Crippen molar-refractivity contribution in [2.24, 2.45) is 0 Å². The summed E-state index contributed by atoms with van der Waals surface area (Å²) in [4.78, 5) is 10.2. The fraction of sp³-hybridized carbons (Fsp3) is 0.111. The van der Waals surface area contributed by atoms with Crippen LogP contribution in [0.4, 0.5) is 5.69 Å². The van der Waals surface area contributed by atoms with E-state index in [9.17, 15) is 15.2 Å². The molecule has 5 heteroatoms. The molecule has 0 bridgehead atoms. The second kappa shape index (κ2) is 4.23. The summed E-state index contributed by atoms with van der Waals surface area (Å²) in [7, 11) is 0. The van der Waals surface area contributed by atoms with Crippen LogP contribution in [0.2, 0.25) is 0 Å². The maximum atomic E-state index is 10.7. The van der Waals surface area contributed by atoms with E-state index >= 15 is 0 Å². The zero-order valence-electron chi connectivity index (χ0n) is 7.40. The second-order valence-electron chi connectivity index (χ2n) is 2.59. The van der Waals surface area contributed by atoms with Gasteiger partial charge in [-0.15, -0.1) is 0 Å². The monoisotopic (exact) mass is 257 g/mol. The summed E-state index contributed by atoms with van der Waals surface area (Å²) in [5.74, 6) is -0.134. The Hall–Kier alpha value is -1.36. The molecule has 0 atom stereocenters. The lowest BCUT2D eigenvalue weighted by Gasteiger charge is -2.01. The third-order valence-electron chi connectivity index (χ3n) is 1.66. The molecule has 1 rings (SSSR count). The number of nitro groups is 1. The van der Waals surface area contributed by atoms with Crippen molar-refractivity contribution in [2.75, 3.05) is 0 Å². The molecule has 0 fully saturated rings. The Balaban J connectivity index is 3.45. The predicted octanol–water partition coefficient (Wildman–Crippen LogP) is 3.10. The molecule has 0 saturated carbocycles. The minimum atomic E-state index is -0.529. The zero-order valence-corrected chi connectivity index (χ0v) is 8.98. The zero-order chi connectivity index (χ0) is 10.7. The van der Waals surface area contributed by atoms with Gasteiger partial charge in [0.05, 0.1) is 10.5 Å². The van der Waals surface area contributed by atoms with Crippen molar-refractivity contribution in [2.45, 2.75) is 6.92 Å². The average molecular weight is 258 g/mol. The molecule has 14 heavy (non-hydrogen) atoms. The summed E-state index contributed by atoms with van der Waals surface area (Å²) in [6.45, 7) is 1.77. The topological polar surface area (TPSA) is 63.4 Å².